The molecule has 3 N–H and O–H groups in total. The summed E-state index contributed by atoms with van der Waals surface area (Å²) in [5.41, 5.74) is 8.48. The number of para-hydroxylation sites is 1. The van der Waals surface area contributed by atoms with E-state index in [1.165, 1.54) is 11.3 Å². The van der Waals surface area contributed by atoms with Gasteiger partial charge in [-0.25, -0.2) is 0 Å². The van der Waals surface area contributed by atoms with Crippen LogP contribution < -0.4 is 11.1 Å². The summed E-state index contributed by atoms with van der Waals surface area (Å²) in [4.78, 5) is 0. The number of nitrogens with two attached hydrogens (primary N) is 1. The first-order chi connectivity index (χ1) is 8.10. The normalized spacial score (nSPS) is 23.0. The summed E-state index contributed by atoms with van der Waals surface area (Å²) >= 11 is 0. The molecule has 1 heterocycles. The highest BCUT2D eigenvalue weighted by molar-refractivity contribution is 5.60. The van der Waals surface area contributed by atoms with Gasteiger partial charge in [-0.15, -0.1) is 6.58 Å². The van der Waals surface area contributed by atoms with E-state index in [4.69, 9.17) is 5.73 Å². The third kappa shape index (κ3) is 2.09. The van der Waals surface area contributed by atoms with Gasteiger partial charge in [0.05, 0.1) is 0 Å². The number of nitrogens with one attached hydrogen (secondary N) is 1. The van der Waals surface area contributed by atoms with Crippen molar-refractivity contribution in [3.63, 3.8) is 0 Å². The molecule has 0 spiro atoms. The molecule has 2 atom stereocenters. The topological polar surface area (TPSA) is 38.0 Å². The number of rotatable bonds is 4. The molecule has 1 aliphatic rings. The van der Waals surface area contributed by atoms with Gasteiger partial charge in [-0.1, -0.05) is 38.1 Å². The molecule has 0 unspecified atom stereocenters. The van der Waals surface area contributed by atoms with E-state index in [0.717, 1.165) is 13.0 Å². The summed E-state index contributed by atoms with van der Waals surface area (Å²) in [6.07, 6.45) is 3.06. The van der Waals surface area contributed by atoms with Crippen LogP contribution in [0.5, 0.6) is 0 Å². The Hall–Kier alpha value is -1.28. The van der Waals surface area contributed by atoms with Gasteiger partial charge in [0.25, 0.3) is 0 Å². The number of hydrogen-bond donors (Lipinski definition) is 2. The molecule has 2 rings (SSSR count). The highest BCUT2D eigenvalue weighted by atomic mass is 15.0. The molecule has 0 fully saturated rings. The van der Waals surface area contributed by atoms with Gasteiger partial charge in [0.2, 0.25) is 0 Å². The van der Waals surface area contributed by atoms with Crippen LogP contribution in [0, 0.1) is 5.41 Å². The zero-order valence-electron chi connectivity index (χ0n) is 10.7. The summed E-state index contributed by atoms with van der Waals surface area (Å²) < 4.78 is 0. The molecular formula is C15H22N2. The monoisotopic (exact) mass is 230 g/mol. The molecule has 92 valence electrons. The minimum Gasteiger partial charge on any atom is -0.381 e. The van der Waals surface area contributed by atoms with Gasteiger partial charge >= 0.3 is 0 Å². The quantitative estimate of drug-likeness (QED) is 0.780. The average molecular weight is 230 g/mol. The molecule has 2 heteroatoms. The Bertz CT molecular complexity index is 409. The van der Waals surface area contributed by atoms with Gasteiger partial charge in [0, 0.05) is 23.1 Å². The van der Waals surface area contributed by atoms with Gasteiger partial charge < -0.3 is 11.1 Å². The van der Waals surface area contributed by atoms with Crippen LogP contribution in [0.1, 0.15) is 31.7 Å². The molecule has 1 aromatic rings. The van der Waals surface area contributed by atoms with Crippen LogP contribution in [-0.4, -0.2) is 12.6 Å². The second-order valence-corrected chi connectivity index (χ2v) is 5.42. The van der Waals surface area contributed by atoms with Crippen LogP contribution in [0.4, 0.5) is 5.69 Å². The smallest absolute Gasteiger partial charge is 0.0416 e. The molecule has 0 amide bonds. The van der Waals surface area contributed by atoms with Gasteiger partial charge in [0.1, 0.15) is 0 Å². The van der Waals surface area contributed by atoms with E-state index < -0.39 is 0 Å². The van der Waals surface area contributed by atoms with Crippen molar-refractivity contribution in [1.29, 1.82) is 0 Å². The minimum atomic E-state index is 0.0683. The Labute approximate surface area is 104 Å². The van der Waals surface area contributed by atoms with Crippen molar-refractivity contribution in [3.8, 4) is 0 Å². The van der Waals surface area contributed by atoms with E-state index in [0.29, 0.717) is 12.0 Å². The standard InChI is InChI=1S/C15H22N2/c1-4-15(2,3)14-12(9-10-16)11-7-5-6-8-13(11)17-14/h4-8,12,14,17H,1,9-10,16H2,2-3H3/t12-,14-/m1/s1. The van der Waals surface area contributed by atoms with Crippen LogP contribution in [0.25, 0.3) is 0 Å². The van der Waals surface area contributed by atoms with Crippen molar-refractivity contribution in [1.82, 2.24) is 0 Å². The van der Waals surface area contributed by atoms with E-state index >= 15 is 0 Å². The maximum atomic E-state index is 5.76. The second-order valence-electron chi connectivity index (χ2n) is 5.42. The average Bonchev–Trinajstić information content (AvgIpc) is 2.70. The molecule has 0 bridgehead atoms. The van der Waals surface area contributed by atoms with E-state index in [1.54, 1.807) is 0 Å². The highest BCUT2D eigenvalue weighted by Gasteiger charge is 2.39. The Balaban J connectivity index is 2.36. The predicted molar refractivity (Wildman–Crippen MR) is 74.2 cm³/mol. The number of anilines is 1. The van der Waals surface area contributed by atoms with E-state index in [9.17, 15) is 0 Å². The maximum Gasteiger partial charge on any atom is 0.0416 e. The first kappa shape index (κ1) is 12.2. The van der Waals surface area contributed by atoms with E-state index in [1.807, 2.05) is 6.08 Å². The second kappa shape index (κ2) is 4.53. The Morgan fingerprint density at radius 3 is 2.76 bits per heavy atom. The SMILES string of the molecule is C=CC(C)(C)[C@@H]1Nc2ccccc2[C@H]1CCN. The molecule has 0 aromatic heterocycles. The largest absolute Gasteiger partial charge is 0.381 e. The Morgan fingerprint density at radius 1 is 1.41 bits per heavy atom. The fraction of sp³-hybridized carbons (Fsp3) is 0.467. The molecule has 2 nitrogen and oxygen atoms in total. The van der Waals surface area contributed by atoms with Crippen molar-refractivity contribution in [2.24, 2.45) is 11.1 Å². The zero-order chi connectivity index (χ0) is 12.5. The molecule has 0 aliphatic carbocycles. The van der Waals surface area contributed by atoms with Crippen molar-refractivity contribution in [2.75, 3.05) is 11.9 Å². The van der Waals surface area contributed by atoms with Gasteiger partial charge in [-0.05, 0) is 24.6 Å². The Morgan fingerprint density at radius 2 is 2.12 bits per heavy atom. The Kier molecular flexibility index (Phi) is 3.25. The van der Waals surface area contributed by atoms with Crippen LogP contribution in [0.2, 0.25) is 0 Å². The van der Waals surface area contributed by atoms with E-state index in [-0.39, 0.29) is 5.41 Å². The summed E-state index contributed by atoms with van der Waals surface area (Å²) in [6, 6.07) is 8.93. The summed E-state index contributed by atoms with van der Waals surface area (Å²) in [6.45, 7) is 9.15. The fourth-order valence-corrected chi connectivity index (χ4v) is 2.73. The van der Waals surface area contributed by atoms with Gasteiger partial charge in [0.15, 0.2) is 0 Å². The van der Waals surface area contributed by atoms with Gasteiger partial charge in [-0.3, -0.25) is 0 Å². The van der Waals surface area contributed by atoms with Crippen molar-refractivity contribution >= 4 is 5.69 Å². The summed E-state index contributed by atoms with van der Waals surface area (Å²) in [7, 11) is 0. The van der Waals surface area contributed by atoms with Crippen molar-refractivity contribution < 1.29 is 0 Å². The molecule has 0 saturated heterocycles. The lowest BCUT2D eigenvalue weighted by molar-refractivity contribution is 0.349. The first-order valence-electron chi connectivity index (χ1n) is 6.29. The van der Waals surface area contributed by atoms with Crippen LogP contribution in [-0.2, 0) is 0 Å². The zero-order valence-corrected chi connectivity index (χ0v) is 10.7. The number of fused-ring (bicyclic) bond motifs is 1. The van der Waals surface area contributed by atoms with Crippen molar-refractivity contribution in [3.05, 3.63) is 42.5 Å². The predicted octanol–water partition coefficient (Wildman–Crippen LogP) is 3.13. The third-order valence-corrected chi connectivity index (χ3v) is 3.88. The van der Waals surface area contributed by atoms with Crippen LogP contribution >= 0.6 is 0 Å². The highest BCUT2D eigenvalue weighted by Crippen LogP contribution is 2.44. The number of benzene rings is 1. The van der Waals surface area contributed by atoms with E-state index in [2.05, 4.69) is 50.0 Å². The fourth-order valence-electron chi connectivity index (χ4n) is 2.73. The molecule has 1 aliphatic heterocycles. The lowest BCUT2D eigenvalue weighted by Gasteiger charge is -2.33. The van der Waals surface area contributed by atoms with Crippen LogP contribution in [0.3, 0.4) is 0 Å². The van der Waals surface area contributed by atoms with Crippen LogP contribution in [0.15, 0.2) is 36.9 Å². The molecular weight excluding hydrogens is 208 g/mol. The number of hydrogen-bond acceptors (Lipinski definition) is 2. The minimum absolute atomic E-state index is 0.0683. The third-order valence-electron chi connectivity index (χ3n) is 3.88. The first-order valence-corrected chi connectivity index (χ1v) is 6.29. The lowest BCUT2D eigenvalue weighted by Crippen LogP contribution is -2.36. The lowest BCUT2D eigenvalue weighted by atomic mass is 9.76. The molecule has 0 radical (unpaired) electrons. The molecule has 1 aromatic carbocycles. The summed E-state index contributed by atoms with van der Waals surface area (Å²) in [5.74, 6) is 0.490. The van der Waals surface area contributed by atoms with Crippen molar-refractivity contribution in [2.45, 2.75) is 32.2 Å². The molecule has 17 heavy (non-hydrogen) atoms. The molecule has 0 saturated carbocycles. The summed E-state index contributed by atoms with van der Waals surface area (Å²) in [5, 5.41) is 3.63. The van der Waals surface area contributed by atoms with Gasteiger partial charge in [-0.2, -0.15) is 0 Å². The maximum absolute atomic E-state index is 5.76.